The molecule has 0 amide bonds. The van der Waals surface area contributed by atoms with Gasteiger partial charge in [0.15, 0.2) is 0 Å². The molecule has 0 aliphatic heterocycles. The number of rotatable bonds is 1. The third-order valence-corrected chi connectivity index (χ3v) is 2.58. The minimum absolute atomic E-state index is 0.646. The number of hydrogen-bond donors (Lipinski definition) is 3. The van der Waals surface area contributed by atoms with E-state index in [9.17, 15) is 0 Å². The predicted molar refractivity (Wildman–Crippen MR) is 51.1 cm³/mol. The van der Waals surface area contributed by atoms with Crippen LogP contribution in [-0.4, -0.2) is 0 Å². The molecule has 0 unspecified atom stereocenters. The first-order chi connectivity index (χ1) is 5.16. The molecule has 0 saturated heterocycles. The van der Waals surface area contributed by atoms with Crippen LogP contribution in [0.5, 0.6) is 0 Å². The van der Waals surface area contributed by atoms with Gasteiger partial charge in [-0.3, -0.25) is 5.84 Å². The number of nitrogens with one attached hydrogen (secondary N) is 1. The molecule has 0 radical (unpaired) electrons. The van der Waals surface area contributed by atoms with E-state index in [4.69, 9.17) is 11.6 Å². The monoisotopic (exact) mass is 215 g/mol. The van der Waals surface area contributed by atoms with Gasteiger partial charge >= 0.3 is 0 Å². The quantitative estimate of drug-likeness (QED) is 0.379. The van der Waals surface area contributed by atoms with Crippen molar-refractivity contribution in [2.24, 2.45) is 5.84 Å². The molecule has 0 aliphatic rings. The molecule has 60 valence electrons. The molecule has 0 aliphatic carbocycles. The largest absolute Gasteiger partial charge is 0.396 e. The maximum Gasteiger partial charge on any atom is 0.0727 e. The lowest BCUT2D eigenvalue weighted by Crippen LogP contribution is -2.09. The second-order valence-electron chi connectivity index (χ2n) is 2.30. The minimum atomic E-state index is 0.646. The van der Waals surface area contributed by atoms with Crippen LogP contribution in [0.4, 0.5) is 11.4 Å². The lowest BCUT2D eigenvalue weighted by Gasteiger charge is -2.07. The highest BCUT2D eigenvalue weighted by Crippen LogP contribution is 2.29. The maximum atomic E-state index is 5.70. The van der Waals surface area contributed by atoms with Crippen LogP contribution in [0.1, 0.15) is 5.56 Å². The third-order valence-electron chi connectivity index (χ3n) is 1.53. The molecule has 1 rings (SSSR count). The van der Waals surface area contributed by atoms with Crippen molar-refractivity contribution in [1.82, 2.24) is 0 Å². The normalized spacial score (nSPS) is 9.73. The summed E-state index contributed by atoms with van der Waals surface area (Å²) in [6.45, 7) is 1.97. The fourth-order valence-electron chi connectivity index (χ4n) is 0.828. The zero-order valence-electron chi connectivity index (χ0n) is 6.19. The smallest absolute Gasteiger partial charge is 0.0727 e. The van der Waals surface area contributed by atoms with Gasteiger partial charge in [0.25, 0.3) is 0 Å². The number of benzene rings is 1. The van der Waals surface area contributed by atoms with E-state index in [1.165, 1.54) is 0 Å². The predicted octanol–water partition coefficient (Wildman–Crippen LogP) is 1.63. The van der Waals surface area contributed by atoms with Gasteiger partial charge < -0.3 is 11.2 Å². The molecule has 0 saturated carbocycles. The summed E-state index contributed by atoms with van der Waals surface area (Å²) in [4.78, 5) is 0. The van der Waals surface area contributed by atoms with Gasteiger partial charge in [0.2, 0.25) is 0 Å². The summed E-state index contributed by atoms with van der Waals surface area (Å²) in [6.07, 6.45) is 0. The van der Waals surface area contributed by atoms with Crippen molar-refractivity contribution < 1.29 is 0 Å². The molecule has 4 heteroatoms. The highest BCUT2D eigenvalue weighted by Gasteiger charge is 2.03. The second-order valence-corrected chi connectivity index (χ2v) is 3.10. The van der Waals surface area contributed by atoms with Crippen LogP contribution < -0.4 is 17.0 Å². The molecule has 1 aromatic carbocycles. The fourth-order valence-corrected chi connectivity index (χ4v) is 1.17. The average molecular weight is 216 g/mol. The molecular formula is C7H10BrN3. The van der Waals surface area contributed by atoms with Gasteiger partial charge in [0, 0.05) is 4.47 Å². The molecule has 0 heterocycles. The zero-order chi connectivity index (χ0) is 8.43. The van der Waals surface area contributed by atoms with Crippen LogP contribution in [0.2, 0.25) is 0 Å². The van der Waals surface area contributed by atoms with Crippen LogP contribution in [0.25, 0.3) is 0 Å². The van der Waals surface area contributed by atoms with Crippen molar-refractivity contribution in [3.05, 3.63) is 22.2 Å². The van der Waals surface area contributed by atoms with Crippen molar-refractivity contribution in [2.45, 2.75) is 6.92 Å². The Hall–Kier alpha value is -0.740. The van der Waals surface area contributed by atoms with Crippen molar-refractivity contribution in [3.8, 4) is 0 Å². The maximum absolute atomic E-state index is 5.70. The molecular weight excluding hydrogens is 206 g/mol. The Balaban J connectivity index is 3.25. The molecule has 5 N–H and O–H groups in total. The van der Waals surface area contributed by atoms with E-state index in [1.54, 1.807) is 0 Å². The van der Waals surface area contributed by atoms with E-state index in [0.717, 1.165) is 15.7 Å². The minimum Gasteiger partial charge on any atom is -0.396 e. The fraction of sp³-hybridized carbons (Fsp3) is 0.143. The van der Waals surface area contributed by atoms with Gasteiger partial charge in [-0.1, -0.05) is 6.07 Å². The Labute approximate surface area is 73.9 Å². The Bertz CT molecular complexity index is 273. The van der Waals surface area contributed by atoms with E-state index in [1.807, 2.05) is 19.1 Å². The van der Waals surface area contributed by atoms with E-state index in [-0.39, 0.29) is 0 Å². The standard InChI is InChI=1S/C7H10BrN3/c1-4-2-3-5(11-10)7(9)6(4)8/h2-3,11H,9-10H2,1H3. The molecule has 11 heavy (non-hydrogen) atoms. The Kier molecular flexibility index (Phi) is 2.36. The SMILES string of the molecule is Cc1ccc(NN)c(N)c1Br. The van der Waals surface area contributed by atoms with E-state index in [2.05, 4.69) is 21.4 Å². The van der Waals surface area contributed by atoms with E-state index in [0.29, 0.717) is 5.69 Å². The molecule has 0 aromatic heterocycles. The van der Waals surface area contributed by atoms with Gasteiger partial charge in [-0.15, -0.1) is 0 Å². The van der Waals surface area contributed by atoms with Crippen molar-refractivity contribution in [2.75, 3.05) is 11.2 Å². The Morgan fingerprint density at radius 3 is 2.64 bits per heavy atom. The lowest BCUT2D eigenvalue weighted by molar-refractivity contribution is 1.33. The first-order valence-electron chi connectivity index (χ1n) is 3.18. The number of hydrazine groups is 1. The zero-order valence-corrected chi connectivity index (χ0v) is 7.77. The van der Waals surface area contributed by atoms with Crippen LogP contribution >= 0.6 is 15.9 Å². The van der Waals surface area contributed by atoms with E-state index < -0.39 is 0 Å². The van der Waals surface area contributed by atoms with Crippen molar-refractivity contribution in [1.29, 1.82) is 0 Å². The third kappa shape index (κ3) is 1.46. The summed E-state index contributed by atoms with van der Waals surface area (Å²) in [5.74, 6) is 5.22. The number of anilines is 2. The van der Waals surface area contributed by atoms with E-state index >= 15 is 0 Å². The summed E-state index contributed by atoms with van der Waals surface area (Å²) in [6, 6.07) is 3.78. The summed E-state index contributed by atoms with van der Waals surface area (Å²) in [5.41, 5.74) is 10.7. The first kappa shape index (κ1) is 8.36. The molecule has 0 fully saturated rings. The molecule has 0 bridgehead atoms. The topological polar surface area (TPSA) is 64.1 Å². The van der Waals surface area contributed by atoms with Gasteiger partial charge in [-0.25, -0.2) is 0 Å². The number of nitrogen functional groups attached to an aromatic ring is 2. The average Bonchev–Trinajstić information content (AvgIpc) is 2.01. The van der Waals surface area contributed by atoms with Gasteiger partial charge in [0.1, 0.15) is 0 Å². The van der Waals surface area contributed by atoms with Crippen LogP contribution in [0, 0.1) is 6.92 Å². The number of hydrogen-bond acceptors (Lipinski definition) is 3. The summed E-state index contributed by atoms with van der Waals surface area (Å²) in [5, 5.41) is 0. The second kappa shape index (κ2) is 3.11. The number of halogens is 1. The Morgan fingerprint density at radius 1 is 1.45 bits per heavy atom. The van der Waals surface area contributed by atoms with Crippen molar-refractivity contribution >= 4 is 27.3 Å². The summed E-state index contributed by atoms with van der Waals surface area (Å²) >= 11 is 3.35. The van der Waals surface area contributed by atoms with Crippen LogP contribution in [0.3, 0.4) is 0 Å². The number of nitrogens with two attached hydrogens (primary N) is 2. The molecule has 1 aromatic rings. The molecule has 3 nitrogen and oxygen atoms in total. The van der Waals surface area contributed by atoms with Gasteiger partial charge in [-0.2, -0.15) is 0 Å². The first-order valence-corrected chi connectivity index (χ1v) is 3.97. The van der Waals surface area contributed by atoms with Crippen LogP contribution in [-0.2, 0) is 0 Å². The molecule has 0 spiro atoms. The molecule has 0 atom stereocenters. The summed E-state index contributed by atoms with van der Waals surface area (Å²) in [7, 11) is 0. The Morgan fingerprint density at radius 2 is 2.09 bits per heavy atom. The highest BCUT2D eigenvalue weighted by atomic mass is 79.9. The highest BCUT2D eigenvalue weighted by molar-refractivity contribution is 9.10. The van der Waals surface area contributed by atoms with Crippen LogP contribution in [0.15, 0.2) is 16.6 Å². The van der Waals surface area contributed by atoms with Gasteiger partial charge in [-0.05, 0) is 34.5 Å². The van der Waals surface area contributed by atoms with Crippen molar-refractivity contribution in [3.63, 3.8) is 0 Å². The number of aryl methyl sites for hydroxylation is 1. The lowest BCUT2D eigenvalue weighted by atomic mass is 10.2. The van der Waals surface area contributed by atoms with Gasteiger partial charge in [0.05, 0.1) is 11.4 Å². The summed E-state index contributed by atoms with van der Waals surface area (Å²) < 4.78 is 0.896.